The van der Waals surface area contributed by atoms with Crippen LogP contribution in [0, 0.1) is 0 Å². The van der Waals surface area contributed by atoms with Gasteiger partial charge in [0.1, 0.15) is 5.82 Å². The number of carbonyl (C=O) groups excluding carboxylic acids is 1. The fourth-order valence-corrected chi connectivity index (χ4v) is 2.04. The molecule has 2 rings (SSSR count). The van der Waals surface area contributed by atoms with E-state index in [-0.39, 0.29) is 0 Å². The molecule has 0 aliphatic carbocycles. The number of hydrogen-bond acceptors (Lipinski definition) is 4. The lowest BCUT2D eigenvalue weighted by atomic mass is 10.1. The van der Waals surface area contributed by atoms with Crippen molar-refractivity contribution in [3.05, 3.63) is 42.2 Å². The van der Waals surface area contributed by atoms with Crippen LogP contribution in [0.4, 0.5) is 0 Å². The summed E-state index contributed by atoms with van der Waals surface area (Å²) in [6, 6.07) is 5.70. The fourth-order valence-electron chi connectivity index (χ4n) is 2.04. The highest BCUT2D eigenvalue weighted by atomic mass is 16.5. The zero-order valence-corrected chi connectivity index (χ0v) is 12.2. The number of rotatable bonds is 6. The number of nitrogens with one attached hydrogen (secondary N) is 2. The molecule has 0 aliphatic heterocycles. The van der Waals surface area contributed by atoms with Crippen molar-refractivity contribution in [2.45, 2.75) is 19.1 Å². The first-order chi connectivity index (χ1) is 10.5. The molecule has 2 atom stereocenters. The van der Waals surface area contributed by atoms with E-state index < -0.39 is 24.0 Å². The molecule has 2 aromatic rings. The monoisotopic (exact) mass is 303 g/mol. The van der Waals surface area contributed by atoms with E-state index in [4.69, 9.17) is 4.74 Å². The summed E-state index contributed by atoms with van der Waals surface area (Å²) >= 11 is 0. The van der Waals surface area contributed by atoms with Crippen LogP contribution in [0.1, 0.15) is 17.3 Å². The highest BCUT2D eigenvalue weighted by Gasteiger charge is 2.27. The Morgan fingerprint density at radius 2 is 2.09 bits per heavy atom. The van der Waals surface area contributed by atoms with E-state index in [0.29, 0.717) is 17.0 Å². The Hall–Kier alpha value is -2.67. The molecule has 3 N–H and O–H groups in total. The minimum absolute atomic E-state index is 0.340. The van der Waals surface area contributed by atoms with Crippen LogP contribution in [0.25, 0.3) is 11.4 Å². The van der Waals surface area contributed by atoms with Crippen LogP contribution in [0.15, 0.2) is 36.7 Å². The molecule has 0 spiro atoms. The van der Waals surface area contributed by atoms with Gasteiger partial charge in [-0.2, -0.15) is 0 Å². The molecule has 0 aliphatic rings. The Bertz CT molecular complexity index is 655. The van der Waals surface area contributed by atoms with E-state index in [2.05, 4.69) is 15.3 Å². The summed E-state index contributed by atoms with van der Waals surface area (Å²) in [7, 11) is 1.39. The highest BCUT2D eigenvalue weighted by Crippen LogP contribution is 2.20. The molecule has 0 saturated carbocycles. The van der Waals surface area contributed by atoms with Crippen LogP contribution in [0.3, 0.4) is 0 Å². The molecule has 1 heterocycles. The molecule has 0 fully saturated rings. The standard InChI is InChI=1S/C15H17N3O4/c1-9(22-2)12(15(20)21)18-14(19)11-6-4-3-5-10(11)13-16-7-8-17-13/h3-9,12H,1-2H3,(H,16,17)(H,18,19)(H,20,21)/t9-,12+/m1/s1. The van der Waals surface area contributed by atoms with Gasteiger partial charge in [0.15, 0.2) is 6.04 Å². The minimum atomic E-state index is -1.15. The van der Waals surface area contributed by atoms with Gasteiger partial charge in [0, 0.05) is 25.1 Å². The number of hydrogen-bond donors (Lipinski definition) is 3. The largest absolute Gasteiger partial charge is 0.480 e. The lowest BCUT2D eigenvalue weighted by Gasteiger charge is -2.20. The molecule has 1 aromatic carbocycles. The number of H-pyrrole nitrogens is 1. The molecule has 0 radical (unpaired) electrons. The first-order valence-electron chi connectivity index (χ1n) is 6.70. The third kappa shape index (κ3) is 3.32. The number of imidazole rings is 1. The Kier molecular flexibility index (Phi) is 4.90. The third-order valence-corrected chi connectivity index (χ3v) is 3.32. The summed E-state index contributed by atoms with van der Waals surface area (Å²) in [5, 5.41) is 11.7. The number of carboxylic acid groups (broad SMARTS) is 1. The quantitative estimate of drug-likeness (QED) is 0.746. The van der Waals surface area contributed by atoms with E-state index in [1.54, 1.807) is 43.6 Å². The van der Waals surface area contributed by atoms with Gasteiger partial charge in [-0.3, -0.25) is 4.79 Å². The van der Waals surface area contributed by atoms with Gasteiger partial charge in [0.2, 0.25) is 0 Å². The summed E-state index contributed by atoms with van der Waals surface area (Å²) in [5.74, 6) is -1.11. The number of nitrogens with zero attached hydrogens (tertiary/aromatic N) is 1. The van der Waals surface area contributed by atoms with Crippen molar-refractivity contribution in [1.29, 1.82) is 0 Å². The van der Waals surface area contributed by atoms with Crippen LogP contribution >= 0.6 is 0 Å². The van der Waals surface area contributed by atoms with Crippen molar-refractivity contribution >= 4 is 11.9 Å². The molecule has 7 nitrogen and oxygen atoms in total. The van der Waals surface area contributed by atoms with Crippen LogP contribution in [-0.4, -0.2) is 46.2 Å². The normalized spacial score (nSPS) is 13.4. The number of benzene rings is 1. The van der Waals surface area contributed by atoms with Crippen LogP contribution in [-0.2, 0) is 9.53 Å². The Morgan fingerprint density at radius 3 is 2.68 bits per heavy atom. The van der Waals surface area contributed by atoms with E-state index in [9.17, 15) is 14.7 Å². The molecule has 0 unspecified atom stereocenters. The van der Waals surface area contributed by atoms with Gasteiger partial charge in [-0.15, -0.1) is 0 Å². The Labute approximate surface area is 127 Å². The van der Waals surface area contributed by atoms with Crippen molar-refractivity contribution in [1.82, 2.24) is 15.3 Å². The van der Waals surface area contributed by atoms with Crippen molar-refractivity contribution in [2.75, 3.05) is 7.11 Å². The van der Waals surface area contributed by atoms with E-state index in [1.807, 2.05) is 0 Å². The first-order valence-corrected chi connectivity index (χ1v) is 6.70. The van der Waals surface area contributed by atoms with Gasteiger partial charge in [-0.25, -0.2) is 9.78 Å². The van der Waals surface area contributed by atoms with E-state index in [1.165, 1.54) is 7.11 Å². The number of methoxy groups -OCH3 is 1. The lowest BCUT2D eigenvalue weighted by molar-refractivity contribution is -0.142. The number of amides is 1. The molecule has 0 saturated heterocycles. The maximum absolute atomic E-state index is 12.4. The van der Waals surface area contributed by atoms with Gasteiger partial charge < -0.3 is 20.1 Å². The van der Waals surface area contributed by atoms with E-state index in [0.717, 1.165) is 0 Å². The smallest absolute Gasteiger partial charge is 0.328 e. The molecule has 116 valence electrons. The first kappa shape index (κ1) is 15.7. The number of carboxylic acids is 1. The minimum Gasteiger partial charge on any atom is -0.480 e. The predicted octanol–water partition coefficient (Wildman–Crippen LogP) is 1.29. The number of ether oxygens (including phenoxy) is 1. The second-order valence-electron chi connectivity index (χ2n) is 4.71. The number of aliphatic carboxylic acids is 1. The summed E-state index contributed by atoms with van der Waals surface area (Å²) in [6.07, 6.45) is 2.57. The third-order valence-electron chi connectivity index (χ3n) is 3.32. The molecule has 1 aromatic heterocycles. The zero-order chi connectivity index (χ0) is 16.1. The summed E-state index contributed by atoms with van der Waals surface area (Å²) in [4.78, 5) is 30.7. The fraction of sp³-hybridized carbons (Fsp3) is 0.267. The molecule has 22 heavy (non-hydrogen) atoms. The number of aromatic nitrogens is 2. The van der Waals surface area contributed by atoms with Crippen molar-refractivity contribution in [2.24, 2.45) is 0 Å². The van der Waals surface area contributed by atoms with Crippen LogP contribution in [0.5, 0.6) is 0 Å². The highest BCUT2D eigenvalue weighted by molar-refractivity contribution is 6.01. The van der Waals surface area contributed by atoms with Gasteiger partial charge in [0.05, 0.1) is 11.7 Å². The van der Waals surface area contributed by atoms with Gasteiger partial charge in [-0.05, 0) is 13.0 Å². The topological polar surface area (TPSA) is 104 Å². The lowest BCUT2D eigenvalue weighted by Crippen LogP contribution is -2.48. The maximum atomic E-state index is 12.4. The molecule has 0 bridgehead atoms. The SMILES string of the molecule is CO[C@H](C)[C@H](NC(=O)c1ccccc1-c1ncc[nH]1)C(=O)O. The van der Waals surface area contributed by atoms with Crippen LogP contribution in [0.2, 0.25) is 0 Å². The Morgan fingerprint density at radius 1 is 1.36 bits per heavy atom. The second-order valence-corrected chi connectivity index (χ2v) is 4.71. The van der Waals surface area contributed by atoms with Crippen molar-refractivity contribution in [3.8, 4) is 11.4 Å². The van der Waals surface area contributed by atoms with E-state index >= 15 is 0 Å². The maximum Gasteiger partial charge on any atom is 0.328 e. The van der Waals surface area contributed by atoms with Crippen LogP contribution < -0.4 is 5.32 Å². The van der Waals surface area contributed by atoms with Gasteiger partial charge >= 0.3 is 5.97 Å². The number of aromatic amines is 1. The average molecular weight is 303 g/mol. The zero-order valence-electron chi connectivity index (χ0n) is 12.2. The summed E-state index contributed by atoms with van der Waals surface area (Å²) in [6.45, 7) is 1.58. The van der Waals surface area contributed by atoms with Gasteiger partial charge in [0.25, 0.3) is 5.91 Å². The summed E-state index contributed by atoms with van der Waals surface area (Å²) in [5.41, 5.74) is 0.936. The molecule has 1 amide bonds. The number of carbonyl (C=O) groups is 2. The van der Waals surface area contributed by atoms with Crippen molar-refractivity contribution < 1.29 is 19.4 Å². The Balaban J connectivity index is 2.28. The molecular weight excluding hydrogens is 286 g/mol. The van der Waals surface area contributed by atoms with Crippen molar-refractivity contribution in [3.63, 3.8) is 0 Å². The summed E-state index contributed by atoms with van der Waals surface area (Å²) < 4.78 is 5.00. The molecular formula is C15H17N3O4. The molecule has 7 heteroatoms. The average Bonchev–Trinajstić information content (AvgIpc) is 3.05. The van der Waals surface area contributed by atoms with Gasteiger partial charge in [-0.1, -0.05) is 18.2 Å². The second kappa shape index (κ2) is 6.86. The predicted molar refractivity (Wildman–Crippen MR) is 79.4 cm³/mol.